The van der Waals surface area contributed by atoms with Gasteiger partial charge in [0.25, 0.3) is 0 Å². The molecule has 0 amide bonds. The standard InChI is InChI=1S/C13H10BrClFNO/c14-9-6-8(4-5-12(9)18)7-17-13-10(15)2-1-3-11(13)16/h1-6,17-18H,7H2. The van der Waals surface area contributed by atoms with Crippen molar-refractivity contribution in [3.63, 3.8) is 0 Å². The van der Waals surface area contributed by atoms with Gasteiger partial charge in [0.1, 0.15) is 11.6 Å². The van der Waals surface area contributed by atoms with Crippen molar-refractivity contribution in [1.29, 1.82) is 0 Å². The van der Waals surface area contributed by atoms with E-state index in [-0.39, 0.29) is 17.3 Å². The number of phenols is 1. The number of hydrogen-bond acceptors (Lipinski definition) is 2. The summed E-state index contributed by atoms with van der Waals surface area (Å²) >= 11 is 9.12. The van der Waals surface area contributed by atoms with Crippen LogP contribution in [-0.2, 0) is 6.54 Å². The van der Waals surface area contributed by atoms with Gasteiger partial charge in [-0.25, -0.2) is 4.39 Å². The van der Waals surface area contributed by atoms with Crippen molar-refractivity contribution in [3.8, 4) is 5.75 Å². The number of hydrogen-bond donors (Lipinski definition) is 2. The van der Waals surface area contributed by atoms with Crippen LogP contribution in [0.25, 0.3) is 0 Å². The van der Waals surface area contributed by atoms with Crippen molar-refractivity contribution in [1.82, 2.24) is 0 Å². The predicted octanol–water partition coefficient (Wildman–Crippen LogP) is 4.56. The third-order valence-corrected chi connectivity index (χ3v) is 3.39. The normalized spacial score (nSPS) is 10.4. The second kappa shape index (κ2) is 5.59. The molecule has 0 aliphatic rings. The Hall–Kier alpha value is -1.26. The Morgan fingerprint density at radius 1 is 1.28 bits per heavy atom. The molecule has 0 fully saturated rings. The lowest BCUT2D eigenvalue weighted by Crippen LogP contribution is -2.02. The van der Waals surface area contributed by atoms with E-state index in [0.29, 0.717) is 16.0 Å². The summed E-state index contributed by atoms with van der Waals surface area (Å²) in [4.78, 5) is 0. The van der Waals surface area contributed by atoms with Crippen molar-refractivity contribution >= 4 is 33.2 Å². The topological polar surface area (TPSA) is 32.3 Å². The Bertz CT molecular complexity index is 557. The molecule has 0 radical (unpaired) electrons. The minimum Gasteiger partial charge on any atom is -0.507 e. The third-order valence-electron chi connectivity index (χ3n) is 2.44. The molecule has 0 aliphatic carbocycles. The minimum atomic E-state index is -0.389. The van der Waals surface area contributed by atoms with Crippen LogP contribution in [0, 0.1) is 5.82 Å². The second-order valence-corrected chi connectivity index (χ2v) is 5.00. The minimum absolute atomic E-state index is 0.169. The molecule has 0 heterocycles. The number of nitrogens with one attached hydrogen (secondary N) is 1. The van der Waals surface area contributed by atoms with Crippen LogP contribution >= 0.6 is 27.5 Å². The van der Waals surface area contributed by atoms with E-state index in [1.807, 2.05) is 0 Å². The molecule has 2 rings (SSSR count). The molecule has 2 nitrogen and oxygen atoms in total. The Morgan fingerprint density at radius 3 is 2.72 bits per heavy atom. The first kappa shape index (κ1) is 13.2. The summed E-state index contributed by atoms with van der Waals surface area (Å²) in [5, 5.41) is 12.6. The molecule has 0 aromatic heterocycles. The molecule has 5 heteroatoms. The number of aromatic hydroxyl groups is 1. The van der Waals surface area contributed by atoms with Crippen LogP contribution in [0.4, 0.5) is 10.1 Å². The van der Waals surface area contributed by atoms with Gasteiger partial charge in [-0.05, 0) is 45.8 Å². The van der Waals surface area contributed by atoms with E-state index in [0.717, 1.165) is 5.56 Å². The Kier molecular flexibility index (Phi) is 4.09. The largest absolute Gasteiger partial charge is 0.507 e. The van der Waals surface area contributed by atoms with Crippen LogP contribution in [0.2, 0.25) is 5.02 Å². The van der Waals surface area contributed by atoms with Gasteiger partial charge >= 0.3 is 0 Å². The van der Waals surface area contributed by atoms with Crippen LogP contribution in [0.1, 0.15) is 5.56 Å². The maximum Gasteiger partial charge on any atom is 0.147 e. The fourth-order valence-electron chi connectivity index (χ4n) is 1.52. The Morgan fingerprint density at radius 2 is 2.06 bits per heavy atom. The molecule has 0 atom stereocenters. The lowest BCUT2D eigenvalue weighted by molar-refractivity contribution is 0.471. The van der Waals surface area contributed by atoms with Gasteiger partial charge < -0.3 is 10.4 Å². The van der Waals surface area contributed by atoms with Crippen molar-refractivity contribution in [2.75, 3.05) is 5.32 Å². The van der Waals surface area contributed by atoms with E-state index in [1.165, 1.54) is 6.07 Å². The van der Waals surface area contributed by atoms with Gasteiger partial charge in [-0.1, -0.05) is 23.7 Å². The zero-order valence-electron chi connectivity index (χ0n) is 9.25. The molecule has 0 spiro atoms. The molecule has 0 aliphatic heterocycles. The monoisotopic (exact) mass is 329 g/mol. The van der Waals surface area contributed by atoms with Crippen LogP contribution in [0.3, 0.4) is 0 Å². The highest BCUT2D eigenvalue weighted by atomic mass is 79.9. The number of benzene rings is 2. The molecule has 0 saturated heterocycles. The fourth-order valence-corrected chi connectivity index (χ4v) is 2.17. The van der Waals surface area contributed by atoms with E-state index >= 15 is 0 Å². The van der Waals surface area contributed by atoms with Crippen LogP contribution < -0.4 is 5.32 Å². The molecule has 2 aromatic rings. The first-order chi connectivity index (χ1) is 8.58. The van der Waals surface area contributed by atoms with E-state index < -0.39 is 0 Å². The van der Waals surface area contributed by atoms with Gasteiger partial charge in [-0.3, -0.25) is 0 Å². The number of rotatable bonds is 3. The fraction of sp³-hybridized carbons (Fsp3) is 0.0769. The highest BCUT2D eigenvalue weighted by Gasteiger charge is 2.06. The van der Waals surface area contributed by atoms with E-state index in [9.17, 15) is 9.50 Å². The summed E-state index contributed by atoms with van der Waals surface area (Å²) in [5.41, 5.74) is 1.18. The van der Waals surface area contributed by atoms with E-state index in [1.54, 1.807) is 30.3 Å². The zero-order chi connectivity index (χ0) is 13.1. The van der Waals surface area contributed by atoms with Gasteiger partial charge in [-0.2, -0.15) is 0 Å². The van der Waals surface area contributed by atoms with Crippen LogP contribution in [-0.4, -0.2) is 5.11 Å². The van der Waals surface area contributed by atoms with Gasteiger partial charge in [0.15, 0.2) is 0 Å². The molecular weight excluding hydrogens is 321 g/mol. The molecule has 0 saturated carbocycles. The summed E-state index contributed by atoms with van der Waals surface area (Å²) < 4.78 is 14.1. The molecule has 0 bridgehead atoms. The average Bonchev–Trinajstić information content (AvgIpc) is 2.33. The SMILES string of the molecule is Oc1ccc(CNc2c(F)cccc2Cl)cc1Br. The van der Waals surface area contributed by atoms with Gasteiger partial charge in [0.05, 0.1) is 15.2 Å². The second-order valence-electron chi connectivity index (χ2n) is 3.74. The van der Waals surface area contributed by atoms with Crippen molar-refractivity contribution < 1.29 is 9.50 Å². The van der Waals surface area contributed by atoms with E-state index in [4.69, 9.17) is 11.6 Å². The van der Waals surface area contributed by atoms with Crippen LogP contribution in [0.5, 0.6) is 5.75 Å². The third kappa shape index (κ3) is 2.94. The zero-order valence-corrected chi connectivity index (χ0v) is 11.6. The lowest BCUT2D eigenvalue weighted by atomic mass is 10.2. The molecule has 2 N–H and O–H groups in total. The van der Waals surface area contributed by atoms with Gasteiger partial charge in [-0.15, -0.1) is 0 Å². The number of halogens is 3. The molecule has 18 heavy (non-hydrogen) atoms. The quantitative estimate of drug-likeness (QED) is 0.864. The lowest BCUT2D eigenvalue weighted by Gasteiger charge is -2.10. The first-order valence-corrected chi connectivity index (χ1v) is 6.40. The Balaban J connectivity index is 2.14. The molecule has 2 aromatic carbocycles. The van der Waals surface area contributed by atoms with Crippen LogP contribution in [0.15, 0.2) is 40.9 Å². The number of para-hydroxylation sites is 1. The van der Waals surface area contributed by atoms with Crippen molar-refractivity contribution in [2.45, 2.75) is 6.54 Å². The Labute approximate surface area is 118 Å². The summed E-state index contributed by atoms with van der Waals surface area (Å²) in [5.74, 6) is -0.219. The molecular formula is C13H10BrClFNO. The van der Waals surface area contributed by atoms with Gasteiger partial charge in [0.2, 0.25) is 0 Å². The van der Waals surface area contributed by atoms with E-state index in [2.05, 4.69) is 21.2 Å². The maximum atomic E-state index is 13.5. The highest BCUT2D eigenvalue weighted by Crippen LogP contribution is 2.27. The van der Waals surface area contributed by atoms with Crippen molar-refractivity contribution in [3.05, 3.63) is 57.3 Å². The smallest absolute Gasteiger partial charge is 0.147 e. The average molecular weight is 331 g/mol. The summed E-state index contributed by atoms with van der Waals surface area (Å²) in [6.07, 6.45) is 0. The number of phenolic OH excluding ortho intramolecular Hbond substituents is 1. The summed E-state index contributed by atoms with van der Waals surface area (Å²) in [6.45, 7) is 0.416. The first-order valence-electron chi connectivity index (χ1n) is 5.23. The van der Waals surface area contributed by atoms with Crippen molar-refractivity contribution in [2.24, 2.45) is 0 Å². The molecule has 94 valence electrons. The predicted molar refractivity (Wildman–Crippen MR) is 74.5 cm³/mol. The molecule has 0 unspecified atom stereocenters. The highest BCUT2D eigenvalue weighted by molar-refractivity contribution is 9.10. The maximum absolute atomic E-state index is 13.5. The number of anilines is 1. The summed E-state index contributed by atoms with van der Waals surface area (Å²) in [7, 11) is 0. The van der Waals surface area contributed by atoms with Gasteiger partial charge in [0, 0.05) is 6.54 Å². The summed E-state index contributed by atoms with van der Waals surface area (Å²) in [6, 6.07) is 9.61.